The Balaban J connectivity index is 1.93. The van der Waals surface area contributed by atoms with Crippen molar-refractivity contribution >= 4 is 26.2 Å². The third kappa shape index (κ3) is 6.10. The van der Waals surface area contributed by atoms with E-state index in [1.165, 1.54) is 13.4 Å². The number of hydrogen-bond acceptors (Lipinski definition) is 9. The van der Waals surface area contributed by atoms with Gasteiger partial charge in [-0.05, 0) is 52.8 Å². The second-order valence-corrected chi connectivity index (χ2v) is 17.0. The fraction of sp³-hybridized carbons (Fsp3) is 0.792. The fourth-order valence-corrected chi connectivity index (χ4v) is 4.86. The summed E-state index contributed by atoms with van der Waals surface area (Å²) in [6, 6.07) is 0. The summed E-state index contributed by atoms with van der Waals surface area (Å²) >= 11 is 0. The lowest BCUT2D eigenvalue weighted by atomic mass is 10.1. The smallest absolute Gasteiger partial charge is 0.413 e. The zero-order chi connectivity index (χ0) is 27.3. The minimum absolute atomic E-state index is 0.0288. The molecule has 1 amide bonds. The molecule has 3 rings (SSSR count). The molecule has 3 heterocycles. The summed E-state index contributed by atoms with van der Waals surface area (Å²) in [5.41, 5.74) is -0.823. The Morgan fingerprint density at radius 2 is 1.75 bits per heavy atom. The van der Waals surface area contributed by atoms with Crippen molar-refractivity contribution < 1.29 is 37.7 Å². The van der Waals surface area contributed by atoms with Gasteiger partial charge in [-0.25, -0.2) is 14.6 Å². The molecule has 2 aliphatic rings. The van der Waals surface area contributed by atoms with Crippen molar-refractivity contribution in [3.63, 3.8) is 0 Å². The first-order valence-corrected chi connectivity index (χ1v) is 15.1. The molecule has 12 heteroatoms. The number of ether oxygens (including phenoxy) is 5. The van der Waals surface area contributed by atoms with E-state index in [0.29, 0.717) is 6.61 Å². The van der Waals surface area contributed by atoms with Crippen LogP contribution in [0.4, 0.5) is 10.6 Å². The standard InChI is InChI=1S/C24H41N3O8Si/c1-22(2,3)35-21(29)26-18-15(20(28)30-9)25-13-27(18)19-17-16(33-24(7,8)34-17)14(32-19)12-31-36(10,11)23(4,5)6/h13-14,16-17,19H,12H2,1-11H3,(H,26,29)/t14-,16-,17-,19-/m1/s1. The van der Waals surface area contributed by atoms with Crippen molar-refractivity contribution in [2.24, 2.45) is 0 Å². The van der Waals surface area contributed by atoms with Crippen molar-refractivity contribution in [3.05, 3.63) is 12.0 Å². The molecule has 1 aromatic heterocycles. The maximum absolute atomic E-state index is 12.6. The van der Waals surface area contributed by atoms with E-state index in [4.69, 9.17) is 28.1 Å². The molecular weight excluding hydrogens is 486 g/mol. The number of fused-ring (bicyclic) bond motifs is 1. The minimum atomic E-state index is -2.05. The number of carbonyl (C=O) groups excluding carboxylic acids is 2. The summed E-state index contributed by atoms with van der Waals surface area (Å²) in [5.74, 6) is -1.48. The first kappa shape index (κ1) is 28.6. The topological polar surface area (TPSA) is 119 Å². The van der Waals surface area contributed by atoms with Gasteiger partial charge in [-0.3, -0.25) is 9.88 Å². The molecule has 2 fully saturated rings. The van der Waals surface area contributed by atoms with Gasteiger partial charge in [0.05, 0.1) is 20.0 Å². The van der Waals surface area contributed by atoms with Gasteiger partial charge in [-0.1, -0.05) is 20.8 Å². The molecule has 2 saturated heterocycles. The van der Waals surface area contributed by atoms with E-state index in [1.807, 2.05) is 13.8 Å². The summed E-state index contributed by atoms with van der Waals surface area (Å²) in [4.78, 5) is 29.2. The van der Waals surface area contributed by atoms with Gasteiger partial charge in [-0.15, -0.1) is 0 Å². The van der Waals surface area contributed by atoms with Crippen LogP contribution in [0.5, 0.6) is 0 Å². The molecule has 0 bridgehead atoms. The van der Waals surface area contributed by atoms with Crippen LogP contribution in [-0.2, 0) is 28.1 Å². The molecule has 0 radical (unpaired) electrons. The summed E-state index contributed by atoms with van der Waals surface area (Å²) in [5, 5.41) is 2.67. The number of rotatable bonds is 6. The van der Waals surface area contributed by atoms with Crippen LogP contribution < -0.4 is 5.32 Å². The van der Waals surface area contributed by atoms with Crippen LogP contribution in [0, 0.1) is 0 Å². The number of anilines is 1. The molecule has 36 heavy (non-hydrogen) atoms. The van der Waals surface area contributed by atoms with Gasteiger partial charge in [0.1, 0.15) is 23.9 Å². The highest BCUT2D eigenvalue weighted by Gasteiger charge is 2.57. The van der Waals surface area contributed by atoms with Gasteiger partial charge in [-0.2, -0.15) is 0 Å². The van der Waals surface area contributed by atoms with Crippen LogP contribution in [0.15, 0.2) is 6.33 Å². The van der Waals surface area contributed by atoms with Crippen molar-refractivity contribution in [1.82, 2.24) is 9.55 Å². The third-order valence-electron chi connectivity index (χ3n) is 6.61. The van der Waals surface area contributed by atoms with E-state index in [2.05, 4.69) is 44.2 Å². The first-order chi connectivity index (χ1) is 16.4. The zero-order valence-corrected chi connectivity index (χ0v) is 24.3. The number of nitrogens with zero attached hydrogens (tertiary/aromatic N) is 2. The minimum Gasteiger partial charge on any atom is -0.464 e. The summed E-state index contributed by atoms with van der Waals surface area (Å²) < 4.78 is 37.0. The maximum atomic E-state index is 12.6. The Hall–Kier alpha value is -1.99. The molecular formula is C24H41N3O8Si. The molecule has 1 N–H and O–H groups in total. The average Bonchev–Trinajstić information content (AvgIpc) is 3.34. The number of nitrogens with one attached hydrogen (secondary N) is 1. The SMILES string of the molecule is COC(=O)c1ncn([C@@H]2O[C@H](CO[Si](C)(C)C(C)(C)C)[C@H]3OC(C)(C)O[C@H]32)c1NC(=O)OC(C)(C)C. The highest BCUT2D eigenvalue weighted by molar-refractivity contribution is 6.74. The molecule has 0 spiro atoms. The van der Waals surface area contributed by atoms with Crippen LogP contribution in [0.2, 0.25) is 18.1 Å². The Labute approximate surface area is 214 Å². The number of methoxy groups -OCH3 is 1. The van der Waals surface area contributed by atoms with Crippen LogP contribution in [0.25, 0.3) is 0 Å². The van der Waals surface area contributed by atoms with Gasteiger partial charge < -0.3 is 28.1 Å². The highest BCUT2D eigenvalue weighted by atomic mass is 28.4. The molecule has 4 atom stereocenters. The molecule has 0 unspecified atom stereocenters. The molecule has 2 aliphatic heterocycles. The van der Waals surface area contributed by atoms with E-state index >= 15 is 0 Å². The van der Waals surface area contributed by atoms with Crippen molar-refractivity contribution in [2.75, 3.05) is 19.0 Å². The summed E-state index contributed by atoms with van der Waals surface area (Å²) in [6.45, 7) is 20.1. The molecule has 0 saturated carbocycles. The molecule has 204 valence electrons. The molecule has 0 aromatic carbocycles. The van der Waals surface area contributed by atoms with Crippen LogP contribution in [0.3, 0.4) is 0 Å². The predicted octanol–water partition coefficient (Wildman–Crippen LogP) is 4.46. The van der Waals surface area contributed by atoms with Crippen molar-refractivity contribution in [1.29, 1.82) is 0 Å². The lowest BCUT2D eigenvalue weighted by Gasteiger charge is -2.37. The van der Waals surface area contributed by atoms with E-state index in [1.54, 1.807) is 25.3 Å². The van der Waals surface area contributed by atoms with Crippen molar-refractivity contribution in [2.45, 2.75) is 109 Å². The summed E-state index contributed by atoms with van der Waals surface area (Å²) in [6.07, 6.45) is -1.48. The zero-order valence-electron chi connectivity index (χ0n) is 23.3. The number of amides is 1. The lowest BCUT2D eigenvalue weighted by Crippen LogP contribution is -2.44. The predicted molar refractivity (Wildman–Crippen MR) is 134 cm³/mol. The van der Waals surface area contributed by atoms with Gasteiger partial charge in [0, 0.05) is 0 Å². The van der Waals surface area contributed by atoms with Gasteiger partial charge in [0.15, 0.2) is 31.8 Å². The molecule has 1 aromatic rings. The van der Waals surface area contributed by atoms with Gasteiger partial charge in [0.25, 0.3) is 0 Å². The van der Waals surface area contributed by atoms with Crippen LogP contribution in [-0.4, -0.2) is 73.3 Å². The van der Waals surface area contributed by atoms with Crippen LogP contribution in [0.1, 0.15) is 72.1 Å². The Morgan fingerprint density at radius 1 is 1.14 bits per heavy atom. The Morgan fingerprint density at radius 3 is 2.31 bits per heavy atom. The van der Waals surface area contributed by atoms with Gasteiger partial charge in [0.2, 0.25) is 0 Å². The van der Waals surface area contributed by atoms with Crippen molar-refractivity contribution in [3.8, 4) is 0 Å². The second-order valence-electron chi connectivity index (χ2n) is 12.2. The first-order valence-electron chi connectivity index (χ1n) is 12.2. The van der Waals surface area contributed by atoms with E-state index in [0.717, 1.165) is 0 Å². The van der Waals surface area contributed by atoms with E-state index in [9.17, 15) is 9.59 Å². The number of imidazole rings is 1. The van der Waals surface area contributed by atoms with Gasteiger partial charge >= 0.3 is 12.1 Å². The maximum Gasteiger partial charge on any atom is 0.413 e. The third-order valence-corrected chi connectivity index (χ3v) is 11.1. The largest absolute Gasteiger partial charge is 0.464 e. The average molecular weight is 528 g/mol. The summed E-state index contributed by atoms with van der Waals surface area (Å²) in [7, 11) is -0.814. The van der Waals surface area contributed by atoms with E-state index in [-0.39, 0.29) is 16.6 Å². The number of aromatic nitrogens is 2. The van der Waals surface area contributed by atoms with Crippen LogP contribution >= 0.6 is 0 Å². The monoisotopic (exact) mass is 527 g/mol. The molecule has 0 aliphatic carbocycles. The Kier molecular flexibility index (Phi) is 7.71. The Bertz CT molecular complexity index is 979. The molecule has 11 nitrogen and oxygen atoms in total. The number of hydrogen-bond donors (Lipinski definition) is 1. The van der Waals surface area contributed by atoms with E-state index < -0.39 is 56.3 Å². The number of esters is 1. The quantitative estimate of drug-likeness (QED) is 0.422. The second kappa shape index (κ2) is 9.71. The lowest BCUT2D eigenvalue weighted by molar-refractivity contribution is -0.199. The normalized spacial score (nSPS) is 26.0. The fourth-order valence-electron chi connectivity index (χ4n) is 3.85. The highest BCUT2D eigenvalue weighted by Crippen LogP contribution is 2.45. The number of carbonyl (C=O) groups is 2.